The lowest BCUT2D eigenvalue weighted by atomic mass is 9.93. The molecule has 1 aromatic carbocycles. The number of rotatable bonds is 6. The van der Waals surface area contributed by atoms with Crippen LogP contribution in [0.5, 0.6) is 0 Å². The first-order valence-electron chi connectivity index (χ1n) is 10.6. The van der Waals surface area contributed by atoms with E-state index in [1.54, 1.807) is 4.90 Å². The molecule has 150 valence electrons. The van der Waals surface area contributed by atoms with Crippen molar-refractivity contribution in [1.29, 1.82) is 0 Å². The lowest BCUT2D eigenvalue weighted by Crippen LogP contribution is -3.13. The van der Waals surface area contributed by atoms with Crippen LogP contribution in [0, 0.1) is 0 Å². The van der Waals surface area contributed by atoms with E-state index < -0.39 is 0 Å². The number of hydrogen-bond acceptors (Lipinski definition) is 3. The van der Waals surface area contributed by atoms with Gasteiger partial charge in [0.15, 0.2) is 11.5 Å². The molecule has 2 heterocycles. The van der Waals surface area contributed by atoms with Gasteiger partial charge in [0.2, 0.25) is 0 Å². The molecule has 2 aliphatic rings. The molecule has 5 heteroatoms. The Morgan fingerprint density at radius 1 is 0.964 bits per heavy atom. The van der Waals surface area contributed by atoms with Crippen LogP contribution < -0.4 is 4.90 Å². The van der Waals surface area contributed by atoms with Gasteiger partial charge in [-0.2, -0.15) is 0 Å². The van der Waals surface area contributed by atoms with Crippen molar-refractivity contribution in [1.82, 2.24) is 4.90 Å². The third kappa shape index (κ3) is 4.83. The normalized spacial score (nSPS) is 19.5. The van der Waals surface area contributed by atoms with Gasteiger partial charge in [-0.1, -0.05) is 36.8 Å². The highest BCUT2D eigenvalue weighted by Gasteiger charge is 2.27. The van der Waals surface area contributed by atoms with Crippen LogP contribution in [0.3, 0.4) is 0 Å². The van der Waals surface area contributed by atoms with E-state index in [4.69, 9.17) is 9.15 Å². The summed E-state index contributed by atoms with van der Waals surface area (Å²) in [4.78, 5) is 16.0. The molecule has 4 rings (SSSR count). The van der Waals surface area contributed by atoms with Crippen LogP contribution in [0.2, 0.25) is 0 Å². The summed E-state index contributed by atoms with van der Waals surface area (Å²) in [5, 5.41) is 0. The Morgan fingerprint density at radius 3 is 2.46 bits per heavy atom. The first-order chi connectivity index (χ1) is 13.8. The maximum atomic E-state index is 12.7. The second-order valence-electron chi connectivity index (χ2n) is 8.00. The summed E-state index contributed by atoms with van der Waals surface area (Å²) in [5.74, 6) is 1.35. The first-order valence-corrected chi connectivity index (χ1v) is 10.6. The molecule has 1 aromatic heterocycles. The summed E-state index contributed by atoms with van der Waals surface area (Å²) < 4.78 is 11.3. The van der Waals surface area contributed by atoms with Gasteiger partial charge in [-0.15, -0.1) is 0 Å². The molecule has 5 nitrogen and oxygen atoms in total. The average molecular weight is 384 g/mol. The highest BCUT2D eigenvalue weighted by molar-refractivity contribution is 5.91. The van der Waals surface area contributed by atoms with Crippen molar-refractivity contribution in [2.24, 2.45) is 0 Å². The second kappa shape index (κ2) is 9.39. The minimum atomic E-state index is -0.0168. The van der Waals surface area contributed by atoms with E-state index in [0.717, 1.165) is 18.8 Å². The van der Waals surface area contributed by atoms with Crippen LogP contribution in [-0.2, 0) is 17.8 Å². The van der Waals surface area contributed by atoms with Crippen molar-refractivity contribution < 1.29 is 18.8 Å². The zero-order valence-corrected chi connectivity index (χ0v) is 16.6. The maximum absolute atomic E-state index is 12.7. The molecule has 1 amide bonds. The molecular formula is C23H31N2O3+. The molecule has 28 heavy (non-hydrogen) atoms. The molecule has 1 aliphatic carbocycles. The predicted octanol–water partition coefficient (Wildman–Crippen LogP) is 2.67. The van der Waals surface area contributed by atoms with Crippen molar-refractivity contribution in [3.8, 4) is 0 Å². The smallest absolute Gasteiger partial charge is 0.289 e. The Kier molecular flexibility index (Phi) is 6.45. The van der Waals surface area contributed by atoms with Gasteiger partial charge < -0.3 is 19.0 Å². The minimum absolute atomic E-state index is 0.0168. The molecule has 0 spiro atoms. The monoisotopic (exact) mass is 383 g/mol. The predicted molar refractivity (Wildman–Crippen MR) is 107 cm³/mol. The number of nitrogens with zero attached hydrogens (tertiary/aromatic N) is 1. The molecule has 1 unspecified atom stereocenters. The van der Waals surface area contributed by atoms with Gasteiger partial charge in [0.25, 0.3) is 5.91 Å². The van der Waals surface area contributed by atoms with Gasteiger partial charge in [-0.3, -0.25) is 4.79 Å². The molecular weight excluding hydrogens is 352 g/mol. The van der Waals surface area contributed by atoms with Crippen molar-refractivity contribution in [2.75, 3.05) is 26.3 Å². The molecule has 1 saturated heterocycles. The molecule has 0 radical (unpaired) electrons. The van der Waals surface area contributed by atoms with Gasteiger partial charge in [0.05, 0.1) is 19.3 Å². The largest absolute Gasteiger partial charge is 0.450 e. The number of carbonyl (C=O) groups is 1. The lowest BCUT2D eigenvalue weighted by Gasteiger charge is -2.31. The number of amides is 1. The second-order valence-corrected chi connectivity index (χ2v) is 8.00. The van der Waals surface area contributed by atoms with Gasteiger partial charge in [-0.05, 0) is 37.8 Å². The number of ether oxygens (including phenoxy) is 1. The van der Waals surface area contributed by atoms with Gasteiger partial charge in [-0.25, -0.2) is 0 Å². The number of quaternary nitrogens is 1. The van der Waals surface area contributed by atoms with E-state index in [1.807, 2.05) is 17.0 Å². The van der Waals surface area contributed by atoms with E-state index in [2.05, 4.69) is 30.3 Å². The summed E-state index contributed by atoms with van der Waals surface area (Å²) in [6.07, 6.45) is 6.56. The van der Waals surface area contributed by atoms with Gasteiger partial charge >= 0.3 is 0 Å². The van der Waals surface area contributed by atoms with Crippen LogP contribution >= 0.6 is 0 Å². The summed E-state index contributed by atoms with van der Waals surface area (Å²) in [6.45, 7) is 4.32. The highest BCUT2D eigenvalue weighted by Crippen LogP contribution is 2.17. The molecule has 0 bridgehead atoms. The maximum Gasteiger partial charge on any atom is 0.289 e. The number of benzene rings is 1. The zero-order valence-electron chi connectivity index (χ0n) is 16.6. The van der Waals surface area contributed by atoms with Crippen molar-refractivity contribution >= 4 is 5.91 Å². The first kappa shape index (κ1) is 19.2. The van der Waals surface area contributed by atoms with E-state index >= 15 is 0 Å². The molecule has 1 saturated carbocycles. The Bertz CT molecular complexity index is 746. The Balaban J connectivity index is 1.45. The van der Waals surface area contributed by atoms with Crippen molar-refractivity contribution in [2.45, 2.75) is 51.2 Å². The van der Waals surface area contributed by atoms with Crippen LogP contribution in [-0.4, -0.2) is 43.2 Å². The number of furan rings is 1. The van der Waals surface area contributed by atoms with E-state index in [-0.39, 0.29) is 5.91 Å². The third-order valence-electron chi connectivity index (χ3n) is 6.03. The number of nitrogens with one attached hydrogen (secondary N) is 1. The SMILES string of the molecule is O=C(c1ccc(C[NH+](Cc2ccccc2)C2CCCCC2)o1)N1CCOCC1. The minimum Gasteiger partial charge on any atom is -0.450 e. The number of morpholine rings is 1. The summed E-state index contributed by atoms with van der Waals surface area (Å²) in [5.41, 5.74) is 1.36. The Morgan fingerprint density at radius 2 is 1.71 bits per heavy atom. The fourth-order valence-corrected chi connectivity index (χ4v) is 4.45. The van der Waals surface area contributed by atoms with Gasteiger partial charge in [0, 0.05) is 18.7 Å². The van der Waals surface area contributed by atoms with E-state index in [0.29, 0.717) is 38.1 Å². The molecule has 2 fully saturated rings. The lowest BCUT2D eigenvalue weighted by molar-refractivity contribution is -0.954. The number of carbonyl (C=O) groups excluding carboxylic acids is 1. The molecule has 2 aromatic rings. The molecule has 1 atom stereocenters. The van der Waals surface area contributed by atoms with E-state index in [9.17, 15) is 4.79 Å². The zero-order chi connectivity index (χ0) is 19.2. The van der Waals surface area contributed by atoms with Gasteiger partial charge in [0.1, 0.15) is 13.1 Å². The summed E-state index contributed by atoms with van der Waals surface area (Å²) in [6, 6.07) is 15.2. The summed E-state index contributed by atoms with van der Waals surface area (Å²) >= 11 is 0. The third-order valence-corrected chi connectivity index (χ3v) is 6.03. The average Bonchev–Trinajstić information content (AvgIpc) is 3.23. The van der Waals surface area contributed by atoms with Crippen molar-refractivity contribution in [3.63, 3.8) is 0 Å². The Hall–Kier alpha value is -2.11. The molecule has 1 N–H and O–H groups in total. The van der Waals surface area contributed by atoms with E-state index in [1.165, 1.54) is 37.7 Å². The van der Waals surface area contributed by atoms with Crippen LogP contribution in [0.1, 0.15) is 54.0 Å². The van der Waals surface area contributed by atoms with Crippen molar-refractivity contribution in [3.05, 3.63) is 59.5 Å². The van der Waals surface area contributed by atoms with Crippen LogP contribution in [0.4, 0.5) is 0 Å². The molecule has 1 aliphatic heterocycles. The van der Waals surface area contributed by atoms with Crippen LogP contribution in [0.15, 0.2) is 46.9 Å². The topological polar surface area (TPSA) is 47.1 Å². The summed E-state index contributed by atoms with van der Waals surface area (Å²) in [7, 11) is 0. The standard InChI is InChI=1S/C23H30N2O3/c26-23(24-13-15-27-16-14-24)22-12-11-21(28-22)18-25(20-9-5-2-6-10-20)17-19-7-3-1-4-8-19/h1,3-4,7-8,11-12,20H,2,5-6,9-10,13-18H2/p+1. The highest BCUT2D eigenvalue weighted by atomic mass is 16.5. The quantitative estimate of drug-likeness (QED) is 0.834. The fourth-order valence-electron chi connectivity index (χ4n) is 4.45. The Labute approximate surface area is 167 Å². The van der Waals surface area contributed by atoms with Crippen LogP contribution in [0.25, 0.3) is 0 Å². The number of hydrogen-bond donors (Lipinski definition) is 1. The fraction of sp³-hybridized carbons (Fsp3) is 0.522.